The van der Waals surface area contributed by atoms with E-state index in [0.29, 0.717) is 19.5 Å². The predicted octanol–water partition coefficient (Wildman–Crippen LogP) is 2.80. The highest BCUT2D eigenvalue weighted by Crippen LogP contribution is 2.17. The lowest BCUT2D eigenvalue weighted by atomic mass is 10.1. The summed E-state index contributed by atoms with van der Waals surface area (Å²) in [6.45, 7) is 4.07. The van der Waals surface area contributed by atoms with E-state index in [2.05, 4.69) is 10.3 Å². The zero-order valence-corrected chi connectivity index (χ0v) is 13.4. The number of rotatable bonds is 4. The van der Waals surface area contributed by atoms with Gasteiger partial charge in [0.1, 0.15) is 5.69 Å². The monoisotopic (exact) mass is 318 g/mol. The molecule has 2 heterocycles. The first kappa shape index (κ1) is 15.0. The minimum absolute atomic E-state index is 0.217. The number of nitrogens with zero attached hydrogens (tertiary/aromatic N) is 4. The first-order chi connectivity index (χ1) is 10.6. The van der Waals surface area contributed by atoms with E-state index in [4.69, 9.17) is 11.6 Å². The zero-order valence-electron chi connectivity index (χ0n) is 12.6. The number of likely N-dealkylation sites (tertiary alicyclic amines) is 1. The van der Waals surface area contributed by atoms with E-state index in [1.165, 1.54) is 0 Å². The molecule has 0 atom stereocenters. The van der Waals surface area contributed by atoms with E-state index >= 15 is 0 Å². The maximum atomic E-state index is 11.8. The molecule has 1 aromatic heterocycles. The second-order valence-electron chi connectivity index (χ2n) is 5.75. The van der Waals surface area contributed by atoms with Gasteiger partial charge in [-0.3, -0.25) is 4.79 Å². The Hall–Kier alpha value is -1.88. The van der Waals surface area contributed by atoms with Crippen LogP contribution in [0.1, 0.15) is 36.1 Å². The first-order valence-corrected chi connectivity index (χ1v) is 7.91. The Morgan fingerprint density at radius 2 is 2.14 bits per heavy atom. The number of carbonyl (C=O) groups is 1. The van der Waals surface area contributed by atoms with Gasteiger partial charge in [0.25, 0.3) is 0 Å². The maximum absolute atomic E-state index is 11.8. The number of aromatic nitrogens is 3. The summed E-state index contributed by atoms with van der Waals surface area (Å²) in [5, 5.41) is 9.08. The molecular formula is C16H19ClN4O. The number of amides is 1. The summed E-state index contributed by atoms with van der Waals surface area (Å²) in [4.78, 5) is 13.7. The highest BCUT2D eigenvalue weighted by molar-refractivity contribution is 6.30. The highest BCUT2D eigenvalue weighted by Gasteiger charge is 2.19. The largest absolute Gasteiger partial charge is 0.337 e. The first-order valence-electron chi connectivity index (χ1n) is 7.53. The van der Waals surface area contributed by atoms with Crippen molar-refractivity contribution in [1.82, 2.24) is 19.9 Å². The molecule has 1 amide bonds. The molecule has 116 valence electrons. The molecule has 0 saturated carbocycles. The summed E-state index contributed by atoms with van der Waals surface area (Å²) < 4.78 is 1.81. The Labute approximate surface area is 134 Å². The molecule has 0 radical (unpaired) electrons. The van der Waals surface area contributed by atoms with Gasteiger partial charge in [-0.2, -0.15) is 0 Å². The van der Waals surface area contributed by atoms with Gasteiger partial charge in [-0.15, -0.1) is 5.10 Å². The summed E-state index contributed by atoms with van der Waals surface area (Å²) in [5.74, 6) is 0.217. The van der Waals surface area contributed by atoms with Crippen molar-refractivity contribution >= 4 is 17.5 Å². The van der Waals surface area contributed by atoms with Crippen molar-refractivity contribution in [2.75, 3.05) is 6.54 Å². The maximum Gasteiger partial charge on any atom is 0.222 e. The Kier molecular flexibility index (Phi) is 4.43. The normalized spacial score (nSPS) is 15.4. The van der Waals surface area contributed by atoms with Crippen LogP contribution >= 0.6 is 11.6 Å². The van der Waals surface area contributed by atoms with Crippen LogP contribution in [0.5, 0.6) is 0 Å². The third-order valence-corrected chi connectivity index (χ3v) is 4.23. The third kappa shape index (κ3) is 3.47. The van der Waals surface area contributed by atoms with E-state index in [1.54, 1.807) is 4.68 Å². The minimum atomic E-state index is 0.217. The lowest BCUT2D eigenvalue weighted by Crippen LogP contribution is -2.34. The second-order valence-corrected chi connectivity index (χ2v) is 6.19. The minimum Gasteiger partial charge on any atom is -0.337 e. The van der Waals surface area contributed by atoms with Gasteiger partial charge < -0.3 is 4.90 Å². The molecule has 1 fully saturated rings. The van der Waals surface area contributed by atoms with Gasteiger partial charge in [0.15, 0.2) is 0 Å². The van der Waals surface area contributed by atoms with E-state index in [1.807, 2.05) is 36.2 Å². The molecule has 1 saturated heterocycles. The van der Waals surface area contributed by atoms with E-state index in [0.717, 1.165) is 41.2 Å². The van der Waals surface area contributed by atoms with E-state index < -0.39 is 0 Å². The van der Waals surface area contributed by atoms with Crippen molar-refractivity contribution in [2.24, 2.45) is 0 Å². The van der Waals surface area contributed by atoms with E-state index in [9.17, 15) is 4.79 Å². The average Bonchev–Trinajstić information content (AvgIpc) is 2.92. The number of aryl methyl sites for hydroxylation is 1. The molecular weight excluding hydrogens is 300 g/mol. The Bertz CT molecular complexity index is 683. The fraction of sp³-hybridized carbons (Fsp3) is 0.438. The number of carbonyl (C=O) groups excluding carboxylic acids is 1. The molecule has 0 unspecified atom stereocenters. The van der Waals surface area contributed by atoms with Crippen molar-refractivity contribution in [1.29, 1.82) is 0 Å². The SMILES string of the molecule is Cc1cc(Cl)ccc1Cn1cc(CN2CCCCC2=O)nn1. The lowest BCUT2D eigenvalue weighted by Gasteiger charge is -2.25. The van der Waals surface area contributed by atoms with Crippen LogP contribution in [-0.2, 0) is 17.9 Å². The number of hydrogen-bond acceptors (Lipinski definition) is 3. The van der Waals surface area contributed by atoms with Crippen molar-refractivity contribution in [3.8, 4) is 0 Å². The van der Waals surface area contributed by atoms with Crippen LogP contribution in [0.4, 0.5) is 0 Å². The van der Waals surface area contributed by atoms with Gasteiger partial charge in [0.05, 0.1) is 19.3 Å². The molecule has 6 heteroatoms. The van der Waals surface area contributed by atoms with Gasteiger partial charge in [0, 0.05) is 18.0 Å². The summed E-state index contributed by atoms with van der Waals surface area (Å²) >= 11 is 5.97. The number of halogens is 1. The highest BCUT2D eigenvalue weighted by atomic mass is 35.5. The smallest absolute Gasteiger partial charge is 0.222 e. The average molecular weight is 319 g/mol. The molecule has 0 spiro atoms. The van der Waals surface area contributed by atoms with Gasteiger partial charge in [-0.25, -0.2) is 4.68 Å². The van der Waals surface area contributed by atoms with Crippen LogP contribution in [0.3, 0.4) is 0 Å². The summed E-state index contributed by atoms with van der Waals surface area (Å²) in [5.41, 5.74) is 3.13. The molecule has 22 heavy (non-hydrogen) atoms. The fourth-order valence-electron chi connectivity index (χ4n) is 2.72. The molecule has 5 nitrogen and oxygen atoms in total. The fourth-order valence-corrected chi connectivity index (χ4v) is 2.95. The molecule has 0 aliphatic carbocycles. The molecule has 0 N–H and O–H groups in total. The van der Waals surface area contributed by atoms with Crippen molar-refractivity contribution in [2.45, 2.75) is 39.3 Å². The molecule has 1 aliphatic rings. The number of benzene rings is 1. The van der Waals surface area contributed by atoms with Gasteiger partial charge in [-0.1, -0.05) is 22.9 Å². The van der Waals surface area contributed by atoms with Crippen molar-refractivity contribution in [3.05, 3.63) is 46.2 Å². The lowest BCUT2D eigenvalue weighted by molar-refractivity contribution is -0.133. The molecule has 0 bridgehead atoms. The zero-order chi connectivity index (χ0) is 15.5. The molecule has 3 rings (SSSR count). The molecule has 1 aliphatic heterocycles. The molecule has 1 aromatic carbocycles. The third-order valence-electron chi connectivity index (χ3n) is 4.00. The van der Waals surface area contributed by atoms with Crippen molar-refractivity contribution < 1.29 is 4.79 Å². The molecule has 2 aromatic rings. The standard InChI is InChI=1S/C16H19ClN4O/c1-12-8-14(17)6-5-13(12)9-21-11-15(18-19-21)10-20-7-3-2-4-16(20)22/h5-6,8,11H,2-4,7,9-10H2,1H3. The quantitative estimate of drug-likeness (QED) is 0.871. The predicted molar refractivity (Wildman–Crippen MR) is 84.6 cm³/mol. The van der Waals surface area contributed by atoms with Gasteiger partial charge >= 0.3 is 0 Å². The van der Waals surface area contributed by atoms with Crippen LogP contribution in [0.2, 0.25) is 5.02 Å². The topological polar surface area (TPSA) is 51.0 Å². The summed E-state index contributed by atoms with van der Waals surface area (Å²) in [6, 6.07) is 5.84. The van der Waals surface area contributed by atoms with Crippen LogP contribution in [0, 0.1) is 6.92 Å². The van der Waals surface area contributed by atoms with Crippen LogP contribution in [0.25, 0.3) is 0 Å². The Balaban J connectivity index is 1.67. The second kappa shape index (κ2) is 6.48. The van der Waals surface area contributed by atoms with Gasteiger partial charge in [0.2, 0.25) is 5.91 Å². The Morgan fingerprint density at radius 1 is 1.27 bits per heavy atom. The Morgan fingerprint density at radius 3 is 2.91 bits per heavy atom. The van der Waals surface area contributed by atoms with E-state index in [-0.39, 0.29) is 5.91 Å². The van der Waals surface area contributed by atoms with Crippen LogP contribution < -0.4 is 0 Å². The number of hydrogen-bond donors (Lipinski definition) is 0. The van der Waals surface area contributed by atoms with Crippen molar-refractivity contribution in [3.63, 3.8) is 0 Å². The van der Waals surface area contributed by atoms with Crippen LogP contribution in [-0.4, -0.2) is 32.3 Å². The van der Waals surface area contributed by atoms with Crippen LogP contribution in [0.15, 0.2) is 24.4 Å². The summed E-state index contributed by atoms with van der Waals surface area (Å²) in [6.07, 6.45) is 4.63. The summed E-state index contributed by atoms with van der Waals surface area (Å²) in [7, 11) is 0. The number of piperidine rings is 1. The van der Waals surface area contributed by atoms with Gasteiger partial charge in [-0.05, 0) is 43.0 Å².